The summed E-state index contributed by atoms with van der Waals surface area (Å²) < 4.78 is 0. The van der Waals surface area contributed by atoms with E-state index in [0.29, 0.717) is 10.8 Å². The summed E-state index contributed by atoms with van der Waals surface area (Å²) in [5.41, 5.74) is 1.14. The second-order valence-corrected chi connectivity index (χ2v) is 6.56. The molecule has 1 aliphatic carbocycles. The maximum absolute atomic E-state index is 2.50. The second kappa shape index (κ2) is 3.29. The molecule has 78 valence electrons. The standard InChI is InChI=1S/C13H26/c1-10(2)7-13(6)9-11(3)8-12(13,4)5/h10-11H,7-9H2,1-6H3. The smallest absolute Gasteiger partial charge is 0.0270 e. The van der Waals surface area contributed by atoms with Crippen LogP contribution in [0.4, 0.5) is 0 Å². The minimum Gasteiger partial charge on any atom is -0.0628 e. The van der Waals surface area contributed by atoms with E-state index in [1.54, 1.807) is 0 Å². The first-order valence-corrected chi connectivity index (χ1v) is 5.77. The van der Waals surface area contributed by atoms with Crippen molar-refractivity contribution in [1.29, 1.82) is 0 Å². The van der Waals surface area contributed by atoms with Crippen LogP contribution in [0.15, 0.2) is 0 Å². The van der Waals surface area contributed by atoms with Gasteiger partial charge in [0, 0.05) is 0 Å². The summed E-state index contributed by atoms with van der Waals surface area (Å²) in [7, 11) is 0. The SMILES string of the molecule is CC(C)CC1(C)CC(C)CC1(C)C. The maximum Gasteiger partial charge on any atom is -0.0270 e. The van der Waals surface area contributed by atoms with E-state index < -0.39 is 0 Å². The molecule has 2 atom stereocenters. The van der Waals surface area contributed by atoms with Gasteiger partial charge >= 0.3 is 0 Å². The van der Waals surface area contributed by atoms with Gasteiger partial charge in [-0.1, -0.05) is 41.5 Å². The molecule has 0 N–H and O–H groups in total. The highest BCUT2D eigenvalue weighted by Crippen LogP contribution is 2.57. The van der Waals surface area contributed by atoms with Crippen LogP contribution in [0.5, 0.6) is 0 Å². The molecule has 0 bridgehead atoms. The van der Waals surface area contributed by atoms with E-state index in [1.807, 2.05) is 0 Å². The van der Waals surface area contributed by atoms with E-state index in [2.05, 4.69) is 41.5 Å². The molecule has 0 spiro atoms. The fourth-order valence-corrected chi connectivity index (χ4v) is 3.50. The van der Waals surface area contributed by atoms with Gasteiger partial charge in [-0.15, -0.1) is 0 Å². The van der Waals surface area contributed by atoms with Crippen molar-refractivity contribution in [2.24, 2.45) is 22.7 Å². The Labute approximate surface area is 84.1 Å². The molecule has 0 nitrogen and oxygen atoms in total. The summed E-state index contributed by atoms with van der Waals surface area (Å²) in [6, 6.07) is 0. The van der Waals surface area contributed by atoms with Crippen LogP contribution in [-0.4, -0.2) is 0 Å². The zero-order valence-electron chi connectivity index (χ0n) is 10.3. The monoisotopic (exact) mass is 182 g/mol. The average Bonchev–Trinajstić information content (AvgIpc) is 1.97. The molecule has 0 aromatic rings. The zero-order chi connectivity index (χ0) is 10.3. The maximum atomic E-state index is 2.50. The molecular weight excluding hydrogens is 156 g/mol. The first-order chi connectivity index (χ1) is 5.77. The molecule has 1 rings (SSSR count). The van der Waals surface area contributed by atoms with Crippen molar-refractivity contribution in [2.75, 3.05) is 0 Å². The average molecular weight is 182 g/mol. The lowest BCUT2D eigenvalue weighted by Gasteiger charge is -2.40. The van der Waals surface area contributed by atoms with Crippen molar-refractivity contribution < 1.29 is 0 Å². The predicted octanol–water partition coefficient (Wildman–Crippen LogP) is 4.49. The van der Waals surface area contributed by atoms with Gasteiger partial charge in [-0.3, -0.25) is 0 Å². The van der Waals surface area contributed by atoms with Crippen LogP contribution in [0.2, 0.25) is 0 Å². The van der Waals surface area contributed by atoms with E-state index in [0.717, 1.165) is 11.8 Å². The van der Waals surface area contributed by atoms with E-state index in [9.17, 15) is 0 Å². The molecule has 2 unspecified atom stereocenters. The van der Waals surface area contributed by atoms with Crippen LogP contribution in [-0.2, 0) is 0 Å². The van der Waals surface area contributed by atoms with Gasteiger partial charge in [0.15, 0.2) is 0 Å². The molecule has 0 aromatic carbocycles. The predicted molar refractivity (Wildman–Crippen MR) is 59.7 cm³/mol. The molecular formula is C13H26. The first kappa shape index (κ1) is 11.1. The van der Waals surface area contributed by atoms with Gasteiger partial charge in [0.05, 0.1) is 0 Å². The fraction of sp³-hybridized carbons (Fsp3) is 1.00. The molecule has 0 saturated heterocycles. The van der Waals surface area contributed by atoms with Gasteiger partial charge in [0.2, 0.25) is 0 Å². The first-order valence-electron chi connectivity index (χ1n) is 5.77. The highest BCUT2D eigenvalue weighted by Gasteiger charge is 2.47. The quantitative estimate of drug-likeness (QED) is 0.590. The molecule has 0 aliphatic heterocycles. The Bertz CT molecular complexity index is 178. The normalized spacial score (nSPS) is 38.5. The third-order valence-electron chi connectivity index (χ3n) is 4.15. The summed E-state index contributed by atoms with van der Waals surface area (Å²) in [6.45, 7) is 14.5. The van der Waals surface area contributed by atoms with Crippen molar-refractivity contribution in [2.45, 2.75) is 60.8 Å². The molecule has 0 aromatic heterocycles. The van der Waals surface area contributed by atoms with Crippen LogP contribution in [0, 0.1) is 22.7 Å². The second-order valence-electron chi connectivity index (χ2n) is 6.56. The van der Waals surface area contributed by atoms with Crippen molar-refractivity contribution >= 4 is 0 Å². The van der Waals surface area contributed by atoms with E-state index in [1.165, 1.54) is 19.3 Å². The minimum atomic E-state index is 0.552. The van der Waals surface area contributed by atoms with Crippen LogP contribution in [0.25, 0.3) is 0 Å². The highest BCUT2D eigenvalue weighted by atomic mass is 14.5. The molecule has 1 aliphatic rings. The lowest BCUT2D eigenvalue weighted by molar-refractivity contribution is 0.102. The third kappa shape index (κ3) is 2.08. The van der Waals surface area contributed by atoms with Gasteiger partial charge in [-0.25, -0.2) is 0 Å². The van der Waals surface area contributed by atoms with Crippen LogP contribution in [0.1, 0.15) is 60.8 Å². The van der Waals surface area contributed by atoms with E-state index >= 15 is 0 Å². The Morgan fingerprint density at radius 3 is 2.00 bits per heavy atom. The van der Waals surface area contributed by atoms with Gasteiger partial charge in [-0.2, -0.15) is 0 Å². The number of hydrogen-bond acceptors (Lipinski definition) is 0. The van der Waals surface area contributed by atoms with Crippen molar-refractivity contribution in [3.05, 3.63) is 0 Å². The third-order valence-corrected chi connectivity index (χ3v) is 4.15. The molecule has 13 heavy (non-hydrogen) atoms. The topological polar surface area (TPSA) is 0 Å². The Morgan fingerprint density at radius 1 is 1.15 bits per heavy atom. The summed E-state index contributed by atoms with van der Waals surface area (Å²) in [5.74, 6) is 1.77. The van der Waals surface area contributed by atoms with Gasteiger partial charge in [0.1, 0.15) is 0 Å². The van der Waals surface area contributed by atoms with Crippen molar-refractivity contribution in [3.8, 4) is 0 Å². The Balaban J connectivity index is 2.76. The van der Waals surface area contributed by atoms with Crippen LogP contribution >= 0.6 is 0 Å². The number of hydrogen-bond donors (Lipinski definition) is 0. The van der Waals surface area contributed by atoms with Gasteiger partial charge < -0.3 is 0 Å². The molecule has 0 heterocycles. The zero-order valence-corrected chi connectivity index (χ0v) is 10.3. The lowest BCUT2D eigenvalue weighted by atomic mass is 9.65. The molecule has 1 fully saturated rings. The molecule has 1 saturated carbocycles. The molecule has 0 amide bonds. The summed E-state index contributed by atoms with van der Waals surface area (Å²) in [6.07, 6.45) is 4.23. The van der Waals surface area contributed by atoms with E-state index in [4.69, 9.17) is 0 Å². The van der Waals surface area contributed by atoms with Crippen molar-refractivity contribution in [3.63, 3.8) is 0 Å². The van der Waals surface area contributed by atoms with Crippen molar-refractivity contribution in [1.82, 2.24) is 0 Å². The number of rotatable bonds is 2. The fourth-order valence-electron chi connectivity index (χ4n) is 3.50. The van der Waals surface area contributed by atoms with Crippen LogP contribution in [0.3, 0.4) is 0 Å². The van der Waals surface area contributed by atoms with E-state index in [-0.39, 0.29) is 0 Å². The summed E-state index contributed by atoms with van der Waals surface area (Å²) >= 11 is 0. The minimum absolute atomic E-state index is 0.552. The largest absolute Gasteiger partial charge is 0.0628 e. The van der Waals surface area contributed by atoms with Gasteiger partial charge in [0.25, 0.3) is 0 Å². The summed E-state index contributed by atoms with van der Waals surface area (Å²) in [5, 5.41) is 0. The highest BCUT2D eigenvalue weighted by molar-refractivity contribution is 4.97. The molecule has 0 radical (unpaired) electrons. The van der Waals surface area contributed by atoms with Gasteiger partial charge in [-0.05, 0) is 41.9 Å². The Morgan fingerprint density at radius 2 is 1.69 bits per heavy atom. The molecule has 0 heteroatoms. The van der Waals surface area contributed by atoms with Crippen LogP contribution < -0.4 is 0 Å². The Kier molecular flexibility index (Phi) is 2.81. The Hall–Kier alpha value is 0. The lowest BCUT2D eigenvalue weighted by Crippen LogP contribution is -2.30. The summed E-state index contributed by atoms with van der Waals surface area (Å²) in [4.78, 5) is 0.